The van der Waals surface area contributed by atoms with Gasteiger partial charge in [0.05, 0.1) is 5.69 Å². The fourth-order valence-electron chi connectivity index (χ4n) is 1.40. The van der Waals surface area contributed by atoms with Gasteiger partial charge in [-0.05, 0) is 31.4 Å². The summed E-state index contributed by atoms with van der Waals surface area (Å²) in [5.74, 6) is 0.695. The molecule has 0 bridgehead atoms. The molecule has 4 heteroatoms. The van der Waals surface area contributed by atoms with Crippen molar-refractivity contribution in [3.63, 3.8) is 0 Å². The van der Waals surface area contributed by atoms with Gasteiger partial charge in [-0.15, -0.1) is 11.3 Å². The number of hydrogen-bond donors (Lipinski definition) is 1. The summed E-state index contributed by atoms with van der Waals surface area (Å²) in [5.41, 5.74) is 2.18. The van der Waals surface area contributed by atoms with Crippen LogP contribution < -0.4 is 5.32 Å². The lowest BCUT2D eigenvalue weighted by atomic mass is 10.2. The highest BCUT2D eigenvalue weighted by atomic mass is 32.1. The molecule has 0 aliphatic heterocycles. The molecule has 2 aromatic rings. The van der Waals surface area contributed by atoms with Crippen LogP contribution in [0.4, 0.5) is 5.95 Å². The number of rotatable bonds is 3. The highest BCUT2D eigenvalue weighted by Crippen LogP contribution is 2.25. The Morgan fingerprint density at radius 1 is 1.40 bits per heavy atom. The van der Waals surface area contributed by atoms with Gasteiger partial charge >= 0.3 is 0 Å². The Morgan fingerprint density at radius 2 is 2.27 bits per heavy atom. The van der Waals surface area contributed by atoms with Crippen molar-refractivity contribution in [1.82, 2.24) is 9.97 Å². The second-order valence-corrected chi connectivity index (χ2v) is 4.31. The number of nitrogens with zero attached hydrogens (tertiary/aromatic N) is 2. The molecule has 1 N–H and O–H groups in total. The topological polar surface area (TPSA) is 37.8 Å². The van der Waals surface area contributed by atoms with Gasteiger partial charge in [0.2, 0.25) is 5.95 Å². The molecule has 0 spiro atoms. The Balaban J connectivity index is 2.37. The molecule has 0 fully saturated rings. The third-order valence-corrected chi connectivity index (χ3v) is 2.97. The van der Waals surface area contributed by atoms with E-state index < -0.39 is 0 Å². The maximum Gasteiger partial charge on any atom is 0.223 e. The van der Waals surface area contributed by atoms with Crippen molar-refractivity contribution in [3.8, 4) is 11.3 Å². The van der Waals surface area contributed by atoms with Crippen molar-refractivity contribution < 1.29 is 0 Å². The van der Waals surface area contributed by atoms with Gasteiger partial charge in [0.1, 0.15) is 0 Å². The highest BCUT2D eigenvalue weighted by Gasteiger charge is 2.05. The van der Waals surface area contributed by atoms with Crippen LogP contribution >= 0.6 is 11.3 Å². The molecule has 0 aromatic carbocycles. The van der Waals surface area contributed by atoms with Crippen LogP contribution in [0.25, 0.3) is 11.3 Å². The molecular formula is C11H13N3S. The second kappa shape index (κ2) is 4.40. The standard InChI is InChI=1S/C11H13N3S/c1-3-12-11-13-6-4-10(14-11)9-5-7-15-8(9)2/h4-7H,3H2,1-2H3,(H,12,13,14). The molecule has 2 aromatic heterocycles. The minimum atomic E-state index is 0.695. The van der Waals surface area contributed by atoms with E-state index in [-0.39, 0.29) is 0 Å². The predicted molar refractivity (Wildman–Crippen MR) is 64.2 cm³/mol. The van der Waals surface area contributed by atoms with Crippen molar-refractivity contribution >= 4 is 17.3 Å². The average molecular weight is 219 g/mol. The van der Waals surface area contributed by atoms with Crippen LogP contribution in [0.1, 0.15) is 11.8 Å². The molecule has 0 saturated heterocycles. The van der Waals surface area contributed by atoms with E-state index in [4.69, 9.17) is 0 Å². The molecule has 3 nitrogen and oxygen atoms in total. The Morgan fingerprint density at radius 3 is 2.93 bits per heavy atom. The number of thiophene rings is 1. The van der Waals surface area contributed by atoms with E-state index in [2.05, 4.69) is 33.7 Å². The zero-order valence-electron chi connectivity index (χ0n) is 8.82. The van der Waals surface area contributed by atoms with E-state index in [9.17, 15) is 0 Å². The van der Waals surface area contributed by atoms with E-state index >= 15 is 0 Å². The molecule has 0 saturated carbocycles. The number of hydrogen-bond acceptors (Lipinski definition) is 4. The third kappa shape index (κ3) is 2.15. The van der Waals surface area contributed by atoms with Crippen LogP contribution in [0.3, 0.4) is 0 Å². The molecule has 0 aliphatic rings. The van der Waals surface area contributed by atoms with Crippen LogP contribution in [0.5, 0.6) is 0 Å². The van der Waals surface area contributed by atoms with Crippen molar-refractivity contribution in [2.24, 2.45) is 0 Å². The van der Waals surface area contributed by atoms with Crippen LogP contribution in [0.15, 0.2) is 23.7 Å². The molecule has 0 radical (unpaired) electrons. The number of aryl methyl sites for hydroxylation is 1. The molecule has 0 aliphatic carbocycles. The van der Waals surface area contributed by atoms with E-state index in [0.717, 1.165) is 12.2 Å². The fraction of sp³-hybridized carbons (Fsp3) is 0.273. The van der Waals surface area contributed by atoms with Crippen molar-refractivity contribution in [2.75, 3.05) is 11.9 Å². The van der Waals surface area contributed by atoms with E-state index in [1.165, 1.54) is 10.4 Å². The molecule has 2 rings (SSSR count). The van der Waals surface area contributed by atoms with Crippen LogP contribution in [-0.4, -0.2) is 16.5 Å². The van der Waals surface area contributed by atoms with Gasteiger partial charge in [-0.1, -0.05) is 0 Å². The fourth-order valence-corrected chi connectivity index (χ4v) is 2.11. The number of anilines is 1. The van der Waals surface area contributed by atoms with Gasteiger partial charge in [-0.25, -0.2) is 9.97 Å². The summed E-state index contributed by atoms with van der Waals surface area (Å²) in [7, 11) is 0. The molecule has 2 heterocycles. The minimum absolute atomic E-state index is 0.695. The van der Waals surface area contributed by atoms with Crippen LogP contribution in [0, 0.1) is 6.92 Å². The summed E-state index contributed by atoms with van der Waals surface area (Å²) < 4.78 is 0. The highest BCUT2D eigenvalue weighted by molar-refractivity contribution is 7.10. The van der Waals surface area contributed by atoms with Crippen molar-refractivity contribution in [2.45, 2.75) is 13.8 Å². The van der Waals surface area contributed by atoms with Gasteiger partial charge in [0.25, 0.3) is 0 Å². The summed E-state index contributed by atoms with van der Waals surface area (Å²) in [6, 6.07) is 4.04. The van der Waals surface area contributed by atoms with Crippen molar-refractivity contribution in [3.05, 3.63) is 28.6 Å². The first kappa shape index (κ1) is 10.1. The molecule has 15 heavy (non-hydrogen) atoms. The van der Waals surface area contributed by atoms with Gasteiger partial charge < -0.3 is 5.32 Å². The minimum Gasteiger partial charge on any atom is -0.354 e. The lowest BCUT2D eigenvalue weighted by Crippen LogP contribution is -2.02. The van der Waals surface area contributed by atoms with Gasteiger partial charge in [0.15, 0.2) is 0 Å². The Hall–Kier alpha value is -1.42. The molecular weight excluding hydrogens is 206 g/mol. The zero-order valence-corrected chi connectivity index (χ0v) is 9.64. The number of nitrogens with one attached hydrogen (secondary N) is 1. The first-order chi connectivity index (χ1) is 7.31. The first-order valence-corrected chi connectivity index (χ1v) is 5.80. The molecule has 0 unspecified atom stereocenters. The molecule has 78 valence electrons. The summed E-state index contributed by atoms with van der Waals surface area (Å²) in [5, 5.41) is 5.19. The lowest BCUT2D eigenvalue weighted by Gasteiger charge is -2.03. The molecule has 0 amide bonds. The molecule has 0 atom stereocenters. The summed E-state index contributed by atoms with van der Waals surface area (Å²) in [6.07, 6.45) is 1.79. The van der Waals surface area contributed by atoms with E-state index in [1.807, 2.05) is 13.0 Å². The second-order valence-electron chi connectivity index (χ2n) is 3.19. The third-order valence-electron chi connectivity index (χ3n) is 2.13. The normalized spacial score (nSPS) is 10.3. The van der Waals surface area contributed by atoms with Gasteiger partial charge in [0, 0.05) is 23.2 Å². The Kier molecular flexibility index (Phi) is 2.97. The average Bonchev–Trinajstić information content (AvgIpc) is 2.65. The largest absolute Gasteiger partial charge is 0.354 e. The van der Waals surface area contributed by atoms with Crippen LogP contribution in [-0.2, 0) is 0 Å². The number of aromatic nitrogens is 2. The van der Waals surface area contributed by atoms with E-state index in [1.54, 1.807) is 17.5 Å². The summed E-state index contributed by atoms with van der Waals surface area (Å²) in [6.45, 7) is 4.98. The van der Waals surface area contributed by atoms with Crippen molar-refractivity contribution in [1.29, 1.82) is 0 Å². The lowest BCUT2D eigenvalue weighted by molar-refractivity contribution is 1.09. The van der Waals surface area contributed by atoms with E-state index in [0.29, 0.717) is 5.95 Å². The Bertz CT molecular complexity index is 451. The maximum absolute atomic E-state index is 4.45. The summed E-state index contributed by atoms with van der Waals surface area (Å²) >= 11 is 1.74. The Labute approximate surface area is 93.2 Å². The zero-order chi connectivity index (χ0) is 10.7. The van der Waals surface area contributed by atoms with Gasteiger partial charge in [-0.3, -0.25) is 0 Å². The summed E-state index contributed by atoms with van der Waals surface area (Å²) in [4.78, 5) is 9.89. The predicted octanol–water partition coefficient (Wildman–Crippen LogP) is 2.95. The smallest absolute Gasteiger partial charge is 0.223 e. The quantitative estimate of drug-likeness (QED) is 0.862. The van der Waals surface area contributed by atoms with Crippen LogP contribution in [0.2, 0.25) is 0 Å². The van der Waals surface area contributed by atoms with Gasteiger partial charge in [-0.2, -0.15) is 0 Å². The maximum atomic E-state index is 4.45. The SMILES string of the molecule is CCNc1nccc(-c2ccsc2C)n1. The monoisotopic (exact) mass is 219 g/mol. The first-order valence-electron chi connectivity index (χ1n) is 4.92.